The second kappa shape index (κ2) is 4.91. The van der Waals surface area contributed by atoms with Crippen LogP contribution in [-0.2, 0) is 13.2 Å². The maximum Gasteiger partial charge on any atom is 0.200 e. The van der Waals surface area contributed by atoms with Crippen molar-refractivity contribution in [3.8, 4) is 5.75 Å². The molecule has 0 saturated heterocycles. The molecule has 0 spiro atoms. The highest BCUT2D eigenvalue weighted by atomic mass is 16.5. The molecule has 2 aromatic rings. The monoisotopic (exact) mass is 231 g/mol. The third kappa shape index (κ3) is 2.58. The summed E-state index contributed by atoms with van der Waals surface area (Å²) in [5.41, 5.74) is 7.72. The van der Waals surface area contributed by atoms with E-state index >= 15 is 0 Å². The Morgan fingerprint density at radius 3 is 2.76 bits per heavy atom. The second-order valence-electron chi connectivity index (χ2n) is 3.93. The molecular weight excluding hydrogens is 214 g/mol. The van der Waals surface area contributed by atoms with Crippen molar-refractivity contribution < 1.29 is 4.74 Å². The standard InChI is InChI=1S/C13H17N3O/c1-3-16-8-11(15-13(16)14)9-17-12-7-5-4-6-10(12)2/h4-8H,3,9H2,1-2H3,(H2,14,15). The molecule has 0 unspecified atom stereocenters. The molecule has 1 heterocycles. The number of rotatable bonds is 4. The summed E-state index contributed by atoms with van der Waals surface area (Å²) in [6.07, 6.45) is 1.92. The first kappa shape index (κ1) is 11.5. The number of benzene rings is 1. The zero-order valence-electron chi connectivity index (χ0n) is 10.2. The van der Waals surface area contributed by atoms with Crippen LogP contribution in [0.3, 0.4) is 0 Å². The van der Waals surface area contributed by atoms with E-state index in [-0.39, 0.29) is 0 Å². The highest BCUT2D eigenvalue weighted by molar-refractivity contribution is 5.32. The molecule has 0 bridgehead atoms. The highest BCUT2D eigenvalue weighted by Crippen LogP contribution is 2.17. The minimum Gasteiger partial charge on any atom is -0.487 e. The number of aromatic nitrogens is 2. The summed E-state index contributed by atoms with van der Waals surface area (Å²) in [6.45, 7) is 5.32. The number of nitrogens with two attached hydrogens (primary N) is 1. The van der Waals surface area contributed by atoms with Gasteiger partial charge in [0, 0.05) is 12.7 Å². The molecule has 0 atom stereocenters. The van der Waals surface area contributed by atoms with E-state index in [1.54, 1.807) is 0 Å². The van der Waals surface area contributed by atoms with Crippen LogP contribution >= 0.6 is 0 Å². The van der Waals surface area contributed by atoms with Gasteiger partial charge >= 0.3 is 0 Å². The van der Waals surface area contributed by atoms with Crippen molar-refractivity contribution in [2.45, 2.75) is 27.0 Å². The van der Waals surface area contributed by atoms with E-state index < -0.39 is 0 Å². The molecule has 0 saturated carbocycles. The summed E-state index contributed by atoms with van der Waals surface area (Å²) in [5.74, 6) is 1.42. The van der Waals surface area contributed by atoms with Gasteiger partial charge in [-0.2, -0.15) is 0 Å². The molecule has 0 aliphatic rings. The van der Waals surface area contributed by atoms with Gasteiger partial charge in [0.15, 0.2) is 5.95 Å². The van der Waals surface area contributed by atoms with Crippen molar-refractivity contribution in [1.29, 1.82) is 0 Å². The quantitative estimate of drug-likeness (QED) is 0.878. The summed E-state index contributed by atoms with van der Waals surface area (Å²) in [5, 5.41) is 0. The van der Waals surface area contributed by atoms with E-state index in [2.05, 4.69) is 4.98 Å². The lowest BCUT2D eigenvalue weighted by Crippen LogP contribution is -1.98. The fourth-order valence-electron chi connectivity index (χ4n) is 1.68. The van der Waals surface area contributed by atoms with Gasteiger partial charge in [0.25, 0.3) is 0 Å². The number of aryl methyl sites for hydroxylation is 2. The Balaban J connectivity index is 2.05. The molecule has 90 valence electrons. The summed E-state index contributed by atoms with van der Waals surface area (Å²) >= 11 is 0. The number of hydrogen-bond acceptors (Lipinski definition) is 3. The van der Waals surface area contributed by atoms with E-state index in [0.717, 1.165) is 23.6 Å². The average molecular weight is 231 g/mol. The molecule has 4 heteroatoms. The van der Waals surface area contributed by atoms with Crippen molar-refractivity contribution >= 4 is 5.95 Å². The molecule has 1 aromatic carbocycles. The van der Waals surface area contributed by atoms with Crippen LogP contribution in [0.1, 0.15) is 18.2 Å². The van der Waals surface area contributed by atoms with Crippen LogP contribution in [0.5, 0.6) is 5.75 Å². The van der Waals surface area contributed by atoms with E-state index in [1.165, 1.54) is 0 Å². The number of ether oxygens (including phenoxy) is 1. The Bertz CT molecular complexity index is 505. The molecule has 2 rings (SSSR count). The summed E-state index contributed by atoms with van der Waals surface area (Å²) < 4.78 is 7.60. The van der Waals surface area contributed by atoms with E-state index in [1.807, 2.05) is 48.9 Å². The summed E-state index contributed by atoms with van der Waals surface area (Å²) in [6, 6.07) is 7.93. The maximum atomic E-state index is 5.75. The van der Waals surface area contributed by atoms with Crippen LogP contribution in [0, 0.1) is 6.92 Å². The predicted molar refractivity (Wildman–Crippen MR) is 67.8 cm³/mol. The number of hydrogen-bond donors (Lipinski definition) is 1. The first-order valence-electron chi connectivity index (χ1n) is 5.70. The smallest absolute Gasteiger partial charge is 0.200 e. The van der Waals surface area contributed by atoms with Gasteiger partial charge < -0.3 is 15.0 Å². The van der Waals surface area contributed by atoms with Gasteiger partial charge in [-0.3, -0.25) is 0 Å². The summed E-state index contributed by atoms with van der Waals surface area (Å²) in [7, 11) is 0. The van der Waals surface area contributed by atoms with E-state index in [9.17, 15) is 0 Å². The van der Waals surface area contributed by atoms with Crippen LogP contribution in [0.4, 0.5) is 5.95 Å². The van der Waals surface area contributed by atoms with Crippen molar-refractivity contribution in [1.82, 2.24) is 9.55 Å². The predicted octanol–water partition coefficient (Wildman–Crippen LogP) is 2.37. The molecule has 2 N–H and O–H groups in total. The van der Waals surface area contributed by atoms with Gasteiger partial charge in [-0.05, 0) is 25.5 Å². The normalized spacial score (nSPS) is 10.5. The van der Waals surface area contributed by atoms with Crippen LogP contribution < -0.4 is 10.5 Å². The van der Waals surface area contributed by atoms with Gasteiger partial charge in [-0.15, -0.1) is 0 Å². The molecule has 0 radical (unpaired) electrons. The number of nitrogens with zero attached hydrogens (tertiary/aromatic N) is 2. The lowest BCUT2D eigenvalue weighted by molar-refractivity contribution is 0.300. The van der Waals surface area contributed by atoms with Crippen molar-refractivity contribution in [2.24, 2.45) is 0 Å². The Morgan fingerprint density at radius 2 is 2.12 bits per heavy atom. The molecule has 0 fully saturated rings. The summed E-state index contributed by atoms with van der Waals surface area (Å²) in [4.78, 5) is 4.24. The average Bonchev–Trinajstić information content (AvgIpc) is 2.69. The van der Waals surface area contributed by atoms with Crippen LogP contribution in [-0.4, -0.2) is 9.55 Å². The lowest BCUT2D eigenvalue weighted by atomic mass is 10.2. The third-order valence-corrected chi connectivity index (χ3v) is 2.67. The number of nitrogen functional groups attached to an aromatic ring is 1. The Hall–Kier alpha value is -1.97. The van der Waals surface area contributed by atoms with Crippen LogP contribution in [0.25, 0.3) is 0 Å². The van der Waals surface area contributed by atoms with E-state index in [0.29, 0.717) is 12.6 Å². The lowest BCUT2D eigenvalue weighted by Gasteiger charge is -2.06. The van der Waals surface area contributed by atoms with Crippen LogP contribution in [0.2, 0.25) is 0 Å². The molecule has 0 aliphatic heterocycles. The van der Waals surface area contributed by atoms with Crippen molar-refractivity contribution in [2.75, 3.05) is 5.73 Å². The van der Waals surface area contributed by atoms with E-state index in [4.69, 9.17) is 10.5 Å². The Kier molecular flexibility index (Phi) is 3.32. The van der Waals surface area contributed by atoms with Gasteiger partial charge in [0.2, 0.25) is 0 Å². The first-order chi connectivity index (χ1) is 8.20. The Morgan fingerprint density at radius 1 is 1.35 bits per heavy atom. The minimum absolute atomic E-state index is 0.446. The molecular formula is C13H17N3O. The molecule has 4 nitrogen and oxygen atoms in total. The topological polar surface area (TPSA) is 53.1 Å². The number of para-hydroxylation sites is 1. The van der Waals surface area contributed by atoms with Gasteiger partial charge in [0.1, 0.15) is 12.4 Å². The second-order valence-corrected chi connectivity index (χ2v) is 3.93. The third-order valence-electron chi connectivity index (χ3n) is 2.67. The molecule has 1 aromatic heterocycles. The molecule has 17 heavy (non-hydrogen) atoms. The van der Waals surface area contributed by atoms with Gasteiger partial charge in [0.05, 0.1) is 5.69 Å². The highest BCUT2D eigenvalue weighted by Gasteiger charge is 2.05. The first-order valence-corrected chi connectivity index (χ1v) is 5.70. The maximum absolute atomic E-state index is 5.75. The minimum atomic E-state index is 0.446. The van der Waals surface area contributed by atoms with Gasteiger partial charge in [-0.25, -0.2) is 4.98 Å². The number of imidazole rings is 1. The van der Waals surface area contributed by atoms with Crippen molar-refractivity contribution in [3.63, 3.8) is 0 Å². The van der Waals surface area contributed by atoms with Crippen LogP contribution in [0.15, 0.2) is 30.5 Å². The zero-order chi connectivity index (χ0) is 12.3. The van der Waals surface area contributed by atoms with Crippen molar-refractivity contribution in [3.05, 3.63) is 41.7 Å². The molecule has 0 amide bonds. The van der Waals surface area contributed by atoms with Gasteiger partial charge in [-0.1, -0.05) is 18.2 Å². The largest absolute Gasteiger partial charge is 0.487 e. The Labute approximate surface area is 101 Å². The fourth-order valence-corrected chi connectivity index (χ4v) is 1.68. The zero-order valence-corrected chi connectivity index (χ0v) is 10.2. The molecule has 0 aliphatic carbocycles. The number of anilines is 1. The SMILES string of the molecule is CCn1cc(COc2ccccc2C)nc1N. The fraction of sp³-hybridized carbons (Fsp3) is 0.308.